The number of halogens is 1. The van der Waals surface area contributed by atoms with Gasteiger partial charge in [0.1, 0.15) is 5.82 Å². The van der Waals surface area contributed by atoms with Crippen LogP contribution in [-0.2, 0) is 22.9 Å². The van der Waals surface area contributed by atoms with Crippen LogP contribution < -0.4 is 4.72 Å². The molecular weight excluding hydrogens is 296 g/mol. The number of aromatic nitrogens is 1. The minimum atomic E-state index is -3.62. The molecule has 20 heavy (non-hydrogen) atoms. The van der Waals surface area contributed by atoms with E-state index in [0.717, 1.165) is 24.8 Å². The zero-order valence-electron chi connectivity index (χ0n) is 10.6. The number of hydrogen-bond acceptors (Lipinski definition) is 3. The van der Waals surface area contributed by atoms with Crippen LogP contribution >= 0.6 is 11.6 Å². The Morgan fingerprint density at radius 3 is 2.70 bits per heavy atom. The SMILES string of the molecule is O=S(=O)(Nc1cc(Cl)ccn1)c1ccc2c(c1)CCC2. The number of pyridine rings is 1. The van der Waals surface area contributed by atoms with Gasteiger partial charge in [-0.25, -0.2) is 13.4 Å². The highest BCUT2D eigenvalue weighted by Gasteiger charge is 2.18. The molecule has 0 saturated heterocycles. The lowest BCUT2D eigenvalue weighted by molar-refractivity contribution is 0.601. The summed E-state index contributed by atoms with van der Waals surface area (Å²) in [4.78, 5) is 4.21. The lowest BCUT2D eigenvalue weighted by atomic mass is 10.1. The van der Waals surface area contributed by atoms with Crippen molar-refractivity contribution in [3.8, 4) is 0 Å². The largest absolute Gasteiger partial charge is 0.263 e. The zero-order chi connectivity index (χ0) is 14.2. The molecule has 1 heterocycles. The van der Waals surface area contributed by atoms with Crippen molar-refractivity contribution in [2.45, 2.75) is 24.2 Å². The van der Waals surface area contributed by atoms with E-state index in [9.17, 15) is 8.42 Å². The van der Waals surface area contributed by atoms with Gasteiger partial charge in [0, 0.05) is 17.3 Å². The Labute approximate surface area is 122 Å². The summed E-state index contributed by atoms with van der Waals surface area (Å²) in [5.74, 6) is 0.220. The maximum Gasteiger partial charge on any atom is 0.263 e. The molecule has 0 spiro atoms. The van der Waals surface area contributed by atoms with Crippen LogP contribution in [0.25, 0.3) is 0 Å². The fourth-order valence-corrected chi connectivity index (χ4v) is 3.58. The monoisotopic (exact) mass is 308 g/mol. The van der Waals surface area contributed by atoms with Gasteiger partial charge in [-0.1, -0.05) is 17.7 Å². The Kier molecular flexibility index (Phi) is 3.40. The first kappa shape index (κ1) is 13.4. The van der Waals surface area contributed by atoms with Crippen LogP contribution in [0.2, 0.25) is 5.02 Å². The average Bonchev–Trinajstić information content (AvgIpc) is 2.85. The third kappa shape index (κ3) is 2.64. The average molecular weight is 309 g/mol. The standard InChI is InChI=1S/C14H13ClN2O2S/c15-12-6-7-16-14(9-12)17-20(18,19)13-5-4-10-2-1-3-11(10)8-13/h4-9H,1-3H2,(H,16,17). The van der Waals surface area contributed by atoms with Crippen molar-refractivity contribution >= 4 is 27.4 Å². The minimum absolute atomic E-state index is 0.220. The second-order valence-electron chi connectivity index (χ2n) is 4.75. The molecule has 3 rings (SSSR count). The van der Waals surface area contributed by atoms with Crippen LogP contribution in [-0.4, -0.2) is 13.4 Å². The summed E-state index contributed by atoms with van der Waals surface area (Å²) < 4.78 is 27.1. The van der Waals surface area contributed by atoms with Crippen LogP contribution in [0.5, 0.6) is 0 Å². The lowest BCUT2D eigenvalue weighted by Crippen LogP contribution is -2.14. The molecule has 0 aliphatic heterocycles. The molecule has 104 valence electrons. The fourth-order valence-electron chi connectivity index (χ4n) is 2.37. The van der Waals surface area contributed by atoms with E-state index in [1.165, 1.54) is 17.8 Å². The van der Waals surface area contributed by atoms with E-state index in [1.807, 2.05) is 6.07 Å². The van der Waals surface area contributed by atoms with E-state index < -0.39 is 10.0 Å². The first-order valence-electron chi connectivity index (χ1n) is 6.31. The van der Waals surface area contributed by atoms with Crippen molar-refractivity contribution in [3.05, 3.63) is 52.7 Å². The molecule has 1 N–H and O–H groups in total. The molecule has 0 atom stereocenters. The summed E-state index contributed by atoms with van der Waals surface area (Å²) in [6, 6.07) is 8.34. The number of aryl methyl sites for hydroxylation is 2. The third-order valence-electron chi connectivity index (χ3n) is 3.34. The van der Waals surface area contributed by atoms with Crippen molar-refractivity contribution in [2.24, 2.45) is 0 Å². The van der Waals surface area contributed by atoms with Gasteiger partial charge in [-0.2, -0.15) is 0 Å². The predicted molar refractivity (Wildman–Crippen MR) is 78.5 cm³/mol. The van der Waals surface area contributed by atoms with Gasteiger partial charge in [-0.05, 0) is 48.6 Å². The van der Waals surface area contributed by atoms with Crippen LogP contribution in [0.3, 0.4) is 0 Å². The summed E-state index contributed by atoms with van der Waals surface area (Å²) in [6.07, 6.45) is 4.51. The normalized spacial score (nSPS) is 14.1. The topological polar surface area (TPSA) is 59.1 Å². The maximum atomic E-state index is 12.3. The van der Waals surface area contributed by atoms with E-state index in [-0.39, 0.29) is 10.7 Å². The second-order valence-corrected chi connectivity index (χ2v) is 6.87. The van der Waals surface area contributed by atoms with E-state index in [0.29, 0.717) is 5.02 Å². The number of anilines is 1. The van der Waals surface area contributed by atoms with Crippen molar-refractivity contribution < 1.29 is 8.42 Å². The van der Waals surface area contributed by atoms with Gasteiger partial charge in [0.2, 0.25) is 0 Å². The molecule has 1 aromatic carbocycles. The zero-order valence-corrected chi connectivity index (χ0v) is 12.2. The number of nitrogens with one attached hydrogen (secondary N) is 1. The van der Waals surface area contributed by atoms with E-state index in [1.54, 1.807) is 18.2 Å². The summed E-state index contributed by atoms with van der Waals surface area (Å²) in [5, 5.41) is 0.437. The molecule has 2 aromatic rings. The van der Waals surface area contributed by atoms with E-state index in [4.69, 9.17) is 11.6 Å². The van der Waals surface area contributed by atoms with Crippen molar-refractivity contribution in [1.29, 1.82) is 0 Å². The van der Waals surface area contributed by atoms with Gasteiger partial charge >= 0.3 is 0 Å². The van der Waals surface area contributed by atoms with Crippen LogP contribution in [0, 0.1) is 0 Å². The van der Waals surface area contributed by atoms with Gasteiger partial charge in [0.25, 0.3) is 10.0 Å². The number of nitrogens with zero attached hydrogens (tertiary/aromatic N) is 1. The summed E-state index contributed by atoms with van der Waals surface area (Å²) in [5.41, 5.74) is 2.36. The molecule has 0 unspecified atom stereocenters. The molecule has 0 radical (unpaired) electrons. The van der Waals surface area contributed by atoms with Crippen molar-refractivity contribution in [3.63, 3.8) is 0 Å². The molecule has 1 aliphatic rings. The highest BCUT2D eigenvalue weighted by atomic mass is 35.5. The smallest absolute Gasteiger partial charge is 0.263 e. The molecule has 0 bridgehead atoms. The van der Waals surface area contributed by atoms with Crippen LogP contribution in [0.1, 0.15) is 17.5 Å². The van der Waals surface area contributed by atoms with Gasteiger partial charge in [0.15, 0.2) is 0 Å². The predicted octanol–water partition coefficient (Wildman–Crippen LogP) is 3.02. The Morgan fingerprint density at radius 2 is 1.90 bits per heavy atom. The molecule has 1 aliphatic carbocycles. The Bertz CT molecular complexity index is 760. The molecule has 0 fully saturated rings. The summed E-state index contributed by atoms with van der Waals surface area (Å²) in [6.45, 7) is 0. The Morgan fingerprint density at radius 1 is 1.10 bits per heavy atom. The third-order valence-corrected chi connectivity index (χ3v) is 4.93. The number of benzene rings is 1. The molecule has 6 heteroatoms. The number of hydrogen-bond donors (Lipinski definition) is 1. The number of rotatable bonds is 3. The van der Waals surface area contributed by atoms with Crippen LogP contribution in [0.15, 0.2) is 41.4 Å². The van der Waals surface area contributed by atoms with E-state index in [2.05, 4.69) is 9.71 Å². The van der Waals surface area contributed by atoms with Gasteiger partial charge in [0.05, 0.1) is 4.90 Å². The molecular formula is C14H13ClN2O2S. The second kappa shape index (κ2) is 5.07. The summed E-state index contributed by atoms with van der Waals surface area (Å²) in [7, 11) is -3.62. The minimum Gasteiger partial charge on any atom is -0.263 e. The lowest BCUT2D eigenvalue weighted by Gasteiger charge is -2.09. The van der Waals surface area contributed by atoms with Crippen molar-refractivity contribution in [2.75, 3.05) is 4.72 Å². The molecule has 0 amide bonds. The van der Waals surface area contributed by atoms with Crippen molar-refractivity contribution in [1.82, 2.24) is 4.98 Å². The quantitative estimate of drug-likeness (QED) is 0.948. The first-order valence-corrected chi connectivity index (χ1v) is 8.17. The first-order chi connectivity index (χ1) is 9.54. The van der Waals surface area contributed by atoms with Gasteiger partial charge in [-0.15, -0.1) is 0 Å². The fraction of sp³-hybridized carbons (Fsp3) is 0.214. The molecule has 1 aromatic heterocycles. The molecule has 0 saturated carbocycles. The van der Waals surface area contributed by atoms with Gasteiger partial charge < -0.3 is 0 Å². The Balaban J connectivity index is 1.92. The molecule has 4 nitrogen and oxygen atoms in total. The van der Waals surface area contributed by atoms with Crippen LogP contribution in [0.4, 0.5) is 5.82 Å². The maximum absolute atomic E-state index is 12.3. The van der Waals surface area contributed by atoms with Gasteiger partial charge in [-0.3, -0.25) is 4.72 Å². The number of fused-ring (bicyclic) bond motifs is 1. The highest BCUT2D eigenvalue weighted by molar-refractivity contribution is 7.92. The Hall–Kier alpha value is -1.59. The van der Waals surface area contributed by atoms with E-state index >= 15 is 0 Å². The number of sulfonamides is 1. The summed E-state index contributed by atoms with van der Waals surface area (Å²) >= 11 is 5.82. The highest BCUT2D eigenvalue weighted by Crippen LogP contribution is 2.25.